The number of hydrogen-bond acceptors (Lipinski definition) is 5. The molecular formula is C19H21FN6. The second-order valence-electron chi connectivity index (χ2n) is 6.97. The van der Waals surface area contributed by atoms with Crippen LogP contribution in [-0.4, -0.2) is 51.7 Å². The third-order valence-electron chi connectivity index (χ3n) is 5.37. The van der Waals surface area contributed by atoms with Gasteiger partial charge in [-0.25, -0.2) is 13.9 Å². The molecular weight excluding hydrogens is 331 g/mol. The van der Waals surface area contributed by atoms with E-state index in [2.05, 4.69) is 25.6 Å². The Hall–Kier alpha value is -2.67. The van der Waals surface area contributed by atoms with Crippen LogP contribution in [0.15, 0.2) is 36.7 Å². The summed E-state index contributed by atoms with van der Waals surface area (Å²) in [5.74, 6) is 0.530. The van der Waals surface area contributed by atoms with Crippen LogP contribution in [0.1, 0.15) is 12.8 Å². The SMILES string of the molecule is Fc1ccc2cc1-c1cnn3ccc(nc13)NCCN1CCC[C@H]1CN2. The van der Waals surface area contributed by atoms with Gasteiger partial charge in [0.05, 0.1) is 6.20 Å². The molecule has 0 spiro atoms. The van der Waals surface area contributed by atoms with E-state index >= 15 is 0 Å². The molecule has 134 valence electrons. The highest BCUT2D eigenvalue weighted by molar-refractivity contribution is 5.80. The van der Waals surface area contributed by atoms with Crippen LogP contribution in [0.25, 0.3) is 16.8 Å². The summed E-state index contributed by atoms with van der Waals surface area (Å²) in [5.41, 5.74) is 2.81. The lowest BCUT2D eigenvalue weighted by molar-refractivity contribution is 0.273. The molecule has 0 unspecified atom stereocenters. The molecule has 0 saturated carbocycles. The summed E-state index contributed by atoms with van der Waals surface area (Å²) in [5, 5.41) is 11.2. The quantitative estimate of drug-likeness (QED) is 0.652. The fraction of sp³-hybridized carbons (Fsp3) is 0.368. The molecule has 1 aromatic carbocycles. The molecule has 2 aliphatic rings. The summed E-state index contributed by atoms with van der Waals surface area (Å²) in [6.07, 6.45) is 5.96. The first-order valence-electron chi connectivity index (χ1n) is 9.14. The largest absolute Gasteiger partial charge is 0.383 e. The van der Waals surface area contributed by atoms with Gasteiger partial charge in [-0.05, 0) is 43.7 Å². The number of aromatic nitrogens is 3. The summed E-state index contributed by atoms with van der Waals surface area (Å²) in [7, 11) is 0. The number of nitrogens with zero attached hydrogens (tertiary/aromatic N) is 4. The van der Waals surface area contributed by atoms with E-state index in [0.29, 0.717) is 22.8 Å². The normalized spacial score (nSPS) is 20.4. The fourth-order valence-corrected chi connectivity index (χ4v) is 3.98. The second kappa shape index (κ2) is 6.25. The van der Waals surface area contributed by atoms with Crippen molar-refractivity contribution >= 4 is 17.2 Å². The van der Waals surface area contributed by atoms with Gasteiger partial charge in [0.1, 0.15) is 11.6 Å². The summed E-state index contributed by atoms with van der Waals surface area (Å²) in [6.45, 7) is 3.82. The van der Waals surface area contributed by atoms with Crippen molar-refractivity contribution in [3.8, 4) is 11.1 Å². The van der Waals surface area contributed by atoms with Gasteiger partial charge in [-0.1, -0.05) is 0 Å². The van der Waals surface area contributed by atoms with Gasteiger partial charge in [0.2, 0.25) is 0 Å². The average molecular weight is 352 g/mol. The molecule has 5 rings (SSSR count). The number of hydrogen-bond donors (Lipinski definition) is 2. The maximum Gasteiger partial charge on any atom is 0.165 e. The molecule has 0 radical (unpaired) electrons. The van der Waals surface area contributed by atoms with Crippen molar-refractivity contribution in [1.29, 1.82) is 0 Å². The van der Waals surface area contributed by atoms with E-state index in [-0.39, 0.29) is 5.82 Å². The van der Waals surface area contributed by atoms with Gasteiger partial charge >= 0.3 is 0 Å². The lowest BCUT2D eigenvalue weighted by atomic mass is 10.1. The Labute approximate surface area is 151 Å². The number of benzene rings is 1. The molecule has 1 saturated heterocycles. The van der Waals surface area contributed by atoms with Crippen LogP contribution >= 0.6 is 0 Å². The summed E-state index contributed by atoms with van der Waals surface area (Å²) in [6, 6.07) is 7.60. The van der Waals surface area contributed by atoms with E-state index < -0.39 is 0 Å². The predicted molar refractivity (Wildman–Crippen MR) is 100.0 cm³/mol. The molecule has 26 heavy (non-hydrogen) atoms. The van der Waals surface area contributed by atoms with Gasteiger partial charge in [0, 0.05) is 48.7 Å². The first-order valence-corrected chi connectivity index (χ1v) is 9.14. The van der Waals surface area contributed by atoms with Crippen molar-refractivity contribution in [1.82, 2.24) is 19.5 Å². The van der Waals surface area contributed by atoms with Crippen molar-refractivity contribution in [2.75, 3.05) is 36.8 Å². The highest BCUT2D eigenvalue weighted by Gasteiger charge is 2.24. The van der Waals surface area contributed by atoms with Gasteiger partial charge in [0.25, 0.3) is 0 Å². The van der Waals surface area contributed by atoms with E-state index in [1.165, 1.54) is 18.9 Å². The molecule has 1 atom stereocenters. The van der Waals surface area contributed by atoms with Crippen LogP contribution in [0.4, 0.5) is 15.9 Å². The highest BCUT2D eigenvalue weighted by Crippen LogP contribution is 2.30. The van der Waals surface area contributed by atoms with Gasteiger partial charge in [-0.3, -0.25) is 4.90 Å². The van der Waals surface area contributed by atoms with Crippen LogP contribution in [-0.2, 0) is 0 Å². The summed E-state index contributed by atoms with van der Waals surface area (Å²) in [4.78, 5) is 7.18. The van der Waals surface area contributed by atoms with Gasteiger partial charge in [-0.2, -0.15) is 5.10 Å². The number of halogens is 1. The lowest BCUT2D eigenvalue weighted by Crippen LogP contribution is -2.38. The molecule has 7 heteroatoms. The van der Waals surface area contributed by atoms with Crippen LogP contribution in [0, 0.1) is 5.82 Å². The number of anilines is 2. The molecule has 2 aromatic heterocycles. The van der Waals surface area contributed by atoms with Crippen molar-refractivity contribution in [2.24, 2.45) is 0 Å². The maximum absolute atomic E-state index is 14.5. The summed E-state index contributed by atoms with van der Waals surface area (Å²) < 4.78 is 16.2. The van der Waals surface area contributed by atoms with Crippen molar-refractivity contribution < 1.29 is 4.39 Å². The zero-order chi connectivity index (χ0) is 17.5. The average Bonchev–Trinajstić information content (AvgIpc) is 3.27. The first-order chi connectivity index (χ1) is 12.8. The van der Waals surface area contributed by atoms with Crippen molar-refractivity contribution in [3.63, 3.8) is 0 Å². The van der Waals surface area contributed by atoms with E-state index in [1.54, 1.807) is 16.8 Å². The summed E-state index contributed by atoms with van der Waals surface area (Å²) >= 11 is 0. The molecule has 4 bridgehead atoms. The van der Waals surface area contributed by atoms with E-state index in [4.69, 9.17) is 0 Å². The van der Waals surface area contributed by atoms with Crippen LogP contribution in [0.3, 0.4) is 0 Å². The Morgan fingerprint density at radius 3 is 3.04 bits per heavy atom. The Bertz CT molecular complexity index is 952. The van der Waals surface area contributed by atoms with Gasteiger partial charge in [-0.15, -0.1) is 0 Å². The standard InChI is InChI=1S/C19H21FN6/c20-17-4-3-13-10-15(17)16-12-23-26-8-5-18(24-19(16)26)21-6-9-25-7-1-2-14(25)11-22-13/h3-5,8,10,12,14,22H,1-2,6-7,9,11H2,(H,21,24)/t14-/m0/s1. The Morgan fingerprint density at radius 1 is 1.12 bits per heavy atom. The molecule has 0 aliphatic carbocycles. The Kier molecular flexibility index (Phi) is 3.74. The van der Waals surface area contributed by atoms with Crippen LogP contribution in [0.5, 0.6) is 0 Å². The van der Waals surface area contributed by atoms with Crippen LogP contribution in [0.2, 0.25) is 0 Å². The second-order valence-corrected chi connectivity index (χ2v) is 6.97. The topological polar surface area (TPSA) is 57.5 Å². The molecule has 1 fully saturated rings. The monoisotopic (exact) mass is 352 g/mol. The predicted octanol–water partition coefficient (Wildman–Crippen LogP) is 2.84. The molecule has 0 amide bonds. The molecule has 4 heterocycles. The minimum atomic E-state index is -0.264. The third-order valence-corrected chi connectivity index (χ3v) is 5.37. The minimum absolute atomic E-state index is 0.264. The highest BCUT2D eigenvalue weighted by atomic mass is 19.1. The first kappa shape index (κ1) is 15.6. The van der Waals surface area contributed by atoms with Crippen molar-refractivity contribution in [2.45, 2.75) is 18.9 Å². The zero-order valence-electron chi connectivity index (χ0n) is 14.5. The number of fused-ring (bicyclic) bond motifs is 5. The van der Waals surface area contributed by atoms with Gasteiger partial charge in [0.15, 0.2) is 5.65 Å². The number of nitrogens with one attached hydrogen (secondary N) is 2. The zero-order valence-corrected chi connectivity index (χ0v) is 14.5. The van der Waals surface area contributed by atoms with E-state index in [9.17, 15) is 4.39 Å². The number of rotatable bonds is 0. The van der Waals surface area contributed by atoms with Crippen LogP contribution < -0.4 is 10.6 Å². The Morgan fingerprint density at radius 2 is 2.08 bits per heavy atom. The minimum Gasteiger partial charge on any atom is -0.383 e. The molecule has 2 N–H and O–H groups in total. The van der Waals surface area contributed by atoms with Crippen molar-refractivity contribution in [3.05, 3.63) is 42.5 Å². The third kappa shape index (κ3) is 2.68. The lowest BCUT2D eigenvalue weighted by Gasteiger charge is -2.25. The molecule has 6 nitrogen and oxygen atoms in total. The van der Waals surface area contributed by atoms with E-state index in [1.807, 2.05) is 18.3 Å². The molecule has 2 aliphatic heterocycles. The smallest absolute Gasteiger partial charge is 0.165 e. The van der Waals surface area contributed by atoms with E-state index in [0.717, 1.165) is 37.7 Å². The maximum atomic E-state index is 14.5. The molecule has 3 aromatic rings. The fourth-order valence-electron chi connectivity index (χ4n) is 3.98. The Balaban J connectivity index is 1.62. The van der Waals surface area contributed by atoms with Gasteiger partial charge < -0.3 is 10.6 Å².